The molecule has 18 nitrogen and oxygen atoms in total. The van der Waals surface area contributed by atoms with Gasteiger partial charge in [-0.2, -0.15) is 0 Å². The van der Waals surface area contributed by atoms with Crippen LogP contribution >= 0.6 is 0 Å². The quantitative estimate of drug-likeness (QED) is 0.0477. The monoisotopic (exact) mass is 811 g/mol. The molecular weight excluding hydrogens is 736 g/mol. The van der Waals surface area contributed by atoms with Crippen LogP contribution in [0.3, 0.4) is 0 Å². The Morgan fingerprint density at radius 2 is 0.589 bits per heavy atom. The summed E-state index contributed by atoms with van der Waals surface area (Å²) >= 11 is 0. The van der Waals surface area contributed by atoms with Crippen LogP contribution in [0.15, 0.2) is 0 Å². The van der Waals surface area contributed by atoms with Gasteiger partial charge in [0.25, 0.3) is 0 Å². The highest BCUT2D eigenvalue weighted by Crippen LogP contribution is 2.03. The first-order chi connectivity index (χ1) is 27.1. The van der Waals surface area contributed by atoms with Crippen molar-refractivity contribution in [3.8, 4) is 0 Å². The maximum atomic E-state index is 12.3. The van der Waals surface area contributed by atoms with Crippen LogP contribution in [-0.4, -0.2) is 231 Å². The van der Waals surface area contributed by atoms with E-state index in [4.69, 9.17) is 47.4 Å². The number of methoxy groups -OCH3 is 2. The van der Waals surface area contributed by atoms with Crippen LogP contribution in [0.1, 0.15) is 38.5 Å². The molecule has 0 fully saturated rings. The van der Waals surface area contributed by atoms with Gasteiger partial charge in [-0.1, -0.05) is 0 Å². The zero-order valence-corrected chi connectivity index (χ0v) is 35.3. The lowest BCUT2D eigenvalue weighted by Gasteiger charge is -2.22. The molecule has 0 saturated carbocycles. The van der Waals surface area contributed by atoms with E-state index in [0.717, 1.165) is 39.0 Å². The van der Waals surface area contributed by atoms with Crippen LogP contribution in [0.5, 0.6) is 0 Å². The summed E-state index contributed by atoms with van der Waals surface area (Å²) in [5, 5.41) is 0. The molecule has 0 unspecified atom stereocenters. The number of carbonyl (C=O) groups excluding carboxylic acids is 4. The molecule has 0 aromatic carbocycles. The minimum absolute atomic E-state index is 0.137. The summed E-state index contributed by atoms with van der Waals surface area (Å²) in [5.74, 6) is -1.24. The largest absolute Gasteiger partial charge is 0.463 e. The lowest BCUT2D eigenvalue weighted by Crippen LogP contribution is -2.32. The third-order valence-corrected chi connectivity index (χ3v) is 7.89. The van der Waals surface area contributed by atoms with Gasteiger partial charge in [0, 0.05) is 40.4 Å². The Balaban J connectivity index is 4.00. The molecule has 0 N–H and O–H groups in total. The van der Waals surface area contributed by atoms with Crippen LogP contribution in [0.2, 0.25) is 0 Å². The van der Waals surface area contributed by atoms with E-state index < -0.39 is 0 Å². The van der Waals surface area contributed by atoms with Gasteiger partial charge in [0.15, 0.2) is 0 Å². The van der Waals surface area contributed by atoms with E-state index in [1.54, 1.807) is 14.2 Å². The van der Waals surface area contributed by atoms with Crippen molar-refractivity contribution in [3.05, 3.63) is 0 Å². The Hall–Kier alpha value is -2.52. The maximum absolute atomic E-state index is 12.3. The molecule has 0 atom stereocenters. The molecule has 0 rings (SSSR count). The molecule has 0 bridgehead atoms. The number of ether oxygens (including phenoxy) is 10. The zero-order chi connectivity index (χ0) is 41.5. The Morgan fingerprint density at radius 3 is 0.875 bits per heavy atom. The Labute approximate surface area is 335 Å². The van der Waals surface area contributed by atoms with Crippen LogP contribution in [0.4, 0.5) is 0 Å². The normalized spacial score (nSPS) is 11.5. The highest BCUT2D eigenvalue weighted by atomic mass is 16.6. The average molecular weight is 811 g/mol. The van der Waals surface area contributed by atoms with Crippen molar-refractivity contribution < 1.29 is 66.5 Å². The molecule has 0 radical (unpaired) electrons. The summed E-state index contributed by atoms with van der Waals surface area (Å²) in [6, 6.07) is 0. The molecule has 0 aliphatic heterocycles. The summed E-state index contributed by atoms with van der Waals surface area (Å²) in [7, 11) is 11.2. The van der Waals surface area contributed by atoms with Gasteiger partial charge in [-0.05, 0) is 67.2 Å². The summed E-state index contributed by atoms with van der Waals surface area (Å²) in [4.78, 5) is 57.0. The van der Waals surface area contributed by atoms with Crippen LogP contribution in [0, 0.1) is 0 Å². The second kappa shape index (κ2) is 39.3. The van der Waals surface area contributed by atoms with Gasteiger partial charge in [-0.15, -0.1) is 0 Å². The average Bonchev–Trinajstić information content (AvgIpc) is 3.16. The second-order valence-corrected chi connectivity index (χ2v) is 13.3. The van der Waals surface area contributed by atoms with Gasteiger partial charge in [0.05, 0.1) is 91.8 Å². The van der Waals surface area contributed by atoms with Gasteiger partial charge in [-0.25, -0.2) is 0 Å². The van der Waals surface area contributed by atoms with Crippen LogP contribution < -0.4 is 0 Å². The summed E-state index contributed by atoms with van der Waals surface area (Å²) in [6.07, 6.45) is 2.71. The zero-order valence-electron chi connectivity index (χ0n) is 35.3. The molecule has 0 aliphatic rings. The topological polar surface area (TPSA) is 174 Å². The SMILES string of the molecule is COCCOCCOC(=O)CCN(CCCN(C)C)CCC(=O)OCCOCCOCCOCCOC(=O)CCN(CCCN(C)C)CCC(=O)OCCOC. The Bertz CT molecular complexity index is 963. The molecule has 0 aromatic heterocycles. The molecule has 18 heteroatoms. The third-order valence-electron chi connectivity index (χ3n) is 7.89. The molecule has 0 heterocycles. The van der Waals surface area contributed by atoms with Gasteiger partial charge in [-0.3, -0.25) is 19.2 Å². The third kappa shape index (κ3) is 38.4. The number of hydrogen-bond donors (Lipinski definition) is 0. The van der Waals surface area contributed by atoms with Gasteiger partial charge < -0.3 is 67.0 Å². The fraction of sp³-hybridized carbons (Fsp3) is 0.895. The number of carbonyl (C=O) groups is 4. The summed E-state index contributed by atoms with van der Waals surface area (Å²) in [6.45, 7) is 9.47. The van der Waals surface area contributed by atoms with E-state index >= 15 is 0 Å². The van der Waals surface area contributed by atoms with Crippen molar-refractivity contribution in [1.82, 2.24) is 19.6 Å². The fourth-order valence-corrected chi connectivity index (χ4v) is 4.85. The van der Waals surface area contributed by atoms with Gasteiger partial charge >= 0.3 is 23.9 Å². The standard InChI is InChI=1S/C38H74N4O14/c1-39(2)13-7-15-41(17-9-35(43)53-31-22-48-6)18-11-37(45)55-33-29-51-26-24-50-25-27-52-30-34-56-38(46)12-20-42(16-8-14-40(3)4)19-10-36(44)54-32-28-49-23-21-47-5/h7-34H2,1-6H3. The molecule has 0 amide bonds. The van der Waals surface area contributed by atoms with E-state index in [9.17, 15) is 19.2 Å². The van der Waals surface area contributed by atoms with Crippen molar-refractivity contribution in [2.75, 3.05) is 187 Å². The fourth-order valence-electron chi connectivity index (χ4n) is 4.85. The van der Waals surface area contributed by atoms with E-state index in [1.807, 2.05) is 28.2 Å². The van der Waals surface area contributed by atoms with Crippen molar-refractivity contribution >= 4 is 23.9 Å². The predicted octanol–water partition coefficient (Wildman–Crippen LogP) is 0.586. The Kier molecular flexibility index (Phi) is 37.5. The lowest BCUT2D eigenvalue weighted by atomic mass is 10.3. The first-order valence-corrected chi connectivity index (χ1v) is 19.7. The lowest BCUT2D eigenvalue weighted by molar-refractivity contribution is -0.147. The number of esters is 4. The minimum atomic E-state index is -0.327. The van der Waals surface area contributed by atoms with E-state index in [1.165, 1.54) is 0 Å². The van der Waals surface area contributed by atoms with E-state index in [2.05, 4.69) is 19.6 Å². The van der Waals surface area contributed by atoms with Crippen molar-refractivity contribution in [1.29, 1.82) is 0 Å². The molecule has 0 saturated heterocycles. The molecule has 56 heavy (non-hydrogen) atoms. The summed E-state index contributed by atoms with van der Waals surface area (Å²) < 4.78 is 52.5. The van der Waals surface area contributed by atoms with Crippen molar-refractivity contribution in [2.45, 2.75) is 38.5 Å². The molecular formula is C38H74N4O14. The van der Waals surface area contributed by atoms with Crippen LogP contribution in [-0.2, 0) is 66.5 Å². The van der Waals surface area contributed by atoms with E-state index in [-0.39, 0.29) is 89.2 Å². The van der Waals surface area contributed by atoms with Crippen LogP contribution in [0.25, 0.3) is 0 Å². The predicted molar refractivity (Wildman–Crippen MR) is 209 cm³/mol. The Morgan fingerprint density at radius 1 is 0.339 bits per heavy atom. The summed E-state index contributed by atoms with van der Waals surface area (Å²) in [5.41, 5.74) is 0. The molecule has 0 aliphatic carbocycles. The van der Waals surface area contributed by atoms with E-state index in [0.29, 0.717) is 79.0 Å². The van der Waals surface area contributed by atoms with Crippen molar-refractivity contribution in [3.63, 3.8) is 0 Å². The first kappa shape index (κ1) is 53.5. The molecule has 0 spiro atoms. The maximum Gasteiger partial charge on any atom is 0.307 e. The van der Waals surface area contributed by atoms with Gasteiger partial charge in [0.2, 0.25) is 0 Å². The number of rotatable bonds is 41. The smallest absolute Gasteiger partial charge is 0.307 e. The van der Waals surface area contributed by atoms with Crippen molar-refractivity contribution in [2.24, 2.45) is 0 Å². The second-order valence-electron chi connectivity index (χ2n) is 13.3. The number of hydrogen-bond acceptors (Lipinski definition) is 18. The first-order valence-electron chi connectivity index (χ1n) is 19.7. The molecule has 330 valence electrons. The highest BCUT2D eigenvalue weighted by molar-refractivity contribution is 5.71. The van der Waals surface area contributed by atoms with Gasteiger partial charge in [0.1, 0.15) is 26.4 Å². The number of nitrogens with zero attached hydrogens (tertiary/aromatic N) is 4. The highest BCUT2D eigenvalue weighted by Gasteiger charge is 2.14. The minimum Gasteiger partial charge on any atom is -0.463 e. The molecule has 0 aromatic rings.